The van der Waals surface area contributed by atoms with Gasteiger partial charge in [0, 0.05) is 6.54 Å². The number of hydrogen-bond donors (Lipinski definition) is 2. The van der Waals surface area contributed by atoms with Crippen LogP contribution in [0.25, 0.3) is 0 Å². The van der Waals surface area contributed by atoms with Crippen LogP contribution in [0, 0.1) is 16.2 Å². The van der Waals surface area contributed by atoms with E-state index in [9.17, 15) is 9.59 Å². The van der Waals surface area contributed by atoms with Gasteiger partial charge < -0.3 is 20.5 Å². The molecule has 2 atom stereocenters. The van der Waals surface area contributed by atoms with E-state index < -0.39 is 12.2 Å². The van der Waals surface area contributed by atoms with Crippen molar-refractivity contribution < 1.29 is 19.1 Å². The Morgan fingerprint density at radius 1 is 1.06 bits per heavy atom. The molecule has 32 heavy (non-hydrogen) atoms. The van der Waals surface area contributed by atoms with E-state index in [1.54, 1.807) is 0 Å². The zero-order valence-electron chi connectivity index (χ0n) is 21.1. The Bertz CT molecular complexity index is 808. The highest BCUT2D eigenvalue weighted by Gasteiger charge is 2.42. The van der Waals surface area contributed by atoms with Crippen LogP contribution < -0.4 is 15.8 Å². The molecule has 0 heterocycles. The summed E-state index contributed by atoms with van der Waals surface area (Å²) in [4.78, 5) is 23.7. The Kier molecular flexibility index (Phi) is 7.58. The quantitative estimate of drug-likeness (QED) is 0.547. The largest absolute Gasteiger partial charge is 0.446 e. The topological polar surface area (TPSA) is 90.7 Å². The van der Waals surface area contributed by atoms with Gasteiger partial charge in [-0.3, -0.25) is 0 Å². The van der Waals surface area contributed by atoms with Gasteiger partial charge in [-0.2, -0.15) is 0 Å². The van der Waals surface area contributed by atoms with Crippen LogP contribution in [0.5, 0.6) is 5.75 Å². The van der Waals surface area contributed by atoms with Gasteiger partial charge in [0.2, 0.25) is 0 Å². The van der Waals surface area contributed by atoms with Gasteiger partial charge in [0.05, 0.1) is 0 Å². The molecule has 1 saturated carbocycles. The fraction of sp³-hybridized carbons (Fsp3) is 0.692. The van der Waals surface area contributed by atoms with Gasteiger partial charge in [0.15, 0.2) is 0 Å². The number of rotatable bonds is 6. The van der Waals surface area contributed by atoms with Crippen molar-refractivity contribution in [3.8, 4) is 5.75 Å². The highest BCUT2D eigenvalue weighted by atomic mass is 16.6. The van der Waals surface area contributed by atoms with Crippen molar-refractivity contribution in [1.82, 2.24) is 5.32 Å². The average molecular weight is 447 g/mol. The minimum absolute atomic E-state index is 0.0195. The normalized spacial score (nSPS) is 23.3. The van der Waals surface area contributed by atoms with Gasteiger partial charge in [-0.25, -0.2) is 9.59 Å². The van der Waals surface area contributed by atoms with E-state index in [0.717, 1.165) is 19.3 Å². The number of amides is 2. The number of carbonyl (C=O) groups excluding carboxylic acids is 2. The summed E-state index contributed by atoms with van der Waals surface area (Å²) in [6, 6.07) is 7.76. The Morgan fingerprint density at radius 3 is 2.19 bits per heavy atom. The SMILES string of the molecule is CC(C)(C)CC(C)(C)c1ccc(OC(=O)NCC2(C)CC(OC(N)=O)CC(C)(C)C2)cc1. The average Bonchev–Trinajstić information content (AvgIpc) is 2.56. The fourth-order valence-corrected chi connectivity index (χ4v) is 5.75. The Labute approximate surface area is 193 Å². The third-order valence-electron chi connectivity index (χ3n) is 6.17. The Hall–Kier alpha value is -2.24. The molecular formula is C26H42N2O4. The minimum Gasteiger partial charge on any atom is -0.446 e. The second-order valence-electron chi connectivity index (χ2n) is 12.5. The molecule has 1 fully saturated rings. The molecule has 2 unspecified atom stereocenters. The maximum Gasteiger partial charge on any atom is 0.412 e. The molecule has 2 amide bonds. The molecule has 0 radical (unpaired) electrons. The monoisotopic (exact) mass is 446 g/mol. The maximum absolute atomic E-state index is 12.4. The van der Waals surface area contributed by atoms with Gasteiger partial charge in [-0.05, 0) is 65.0 Å². The molecule has 1 aromatic carbocycles. The first-order chi connectivity index (χ1) is 14.5. The molecular weight excluding hydrogens is 404 g/mol. The summed E-state index contributed by atoms with van der Waals surface area (Å²) in [5.74, 6) is 0.516. The summed E-state index contributed by atoms with van der Waals surface area (Å²) >= 11 is 0. The number of nitrogens with two attached hydrogens (primary N) is 1. The van der Waals surface area contributed by atoms with Crippen molar-refractivity contribution in [2.24, 2.45) is 22.0 Å². The lowest BCUT2D eigenvalue weighted by Crippen LogP contribution is -2.47. The molecule has 0 bridgehead atoms. The van der Waals surface area contributed by atoms with Crippen LogP contribution in [0.3, 0.4) is 0 Å². The number of carbonyl (C=O) groups is 2. The van der Waals surface area contributed by atoms with Gasteiger partial charge in [-0.1, -0.05) is 67.5 Å². The fourth-order valence-electron chi connectivity index (χ4n) is 5.75. The van der Waals surface area contributed by atoms with Crippen LogP contribution in [-0.4, -0.2) is 24.8 Å². The molecule has 0 spiro atoms. The molecule has 6 heteroatoms. The van der Waals surface area contributed by atoms with Crippen molar-refractivity contribution in [3.63, 3.8) is 0 Å². The van der Waals surface area contributed by atoms with Crippen molar-refractivity contribution in [1.29, 1.82) is 0 Å². The summed E-state index contributed by atoms with van der Waals surface area (Å²) < 4.78 is 10.8. The predicted molar refractivity (Wildman–Crippen MR) is 128 cm³/mol. The van der Waals surface area contributed by atoms with Crippen molar-refractivity contribution in [2.75, 3.05) is 6.54 Å². The van der Waals surface area contributed by atoms with Gasteiger partial charge in [0.25, 0.3) is 0 Å². The van der Waals surface area contributed by atoms with Crippen LogP contribution in [-0.2, 0) is 10.2 Å². The molecule has 0 aliphatic heterocycles. The molecule has 6 nitrogen and oxygen atoms in total. The molecule has 0 saturated heterocycles. The first kappa shape index (κ1) is 26.0. The van der Waals surface area contributed by atoms with Crippen LogP contribution in [0.2, 0.25) is 0 Å². The zero-order valence-corrected chi connectivity index (χ0v) is 21.1. The van der Waals surface area contributed by atoms with Crippen LogP contribution in [0.4, 0.5) is 9.59 Å². The molecule has 1 aromatic rings. The number of ether oxygens (including phenoxy) is 2. The first-order valence-electron chi connectivity index (χ1n) is 11.5. The lowest BCUT2D eigenvalue weighted by Gasteiger charge is -2.45. The van der Waals surface area contributed by atoms with E-state index in [4.69, 9.17) is 15.2 Å². The van der Waals surface area contributed by atoms with Crippen molar-refractivity contribution in [3.05, 3.63) is 29.8 Å². The summed E-state index contributed by atoms with van der Waals surface area (Å²) in [5, 5.41) is 2.90. The van der Waals surface area contributed by atoms with E-state index in [1.807, 2.05) is 24.3 Å². The molecule has 0 aromatic heterocycles. The van der Waals surface area contributed by atoms with E-state index >= 15 is 0 Å². The standard InChI is InChI=1S/C26H42N2O4/c1-23(2,3)15-25(6,7)18-9-11-19(12-10-18)32-22(30)28-17-26(8)14-20(31-21(27)29)13-24(4,5)16-26/h9-12,20H,13-17H2,1-8H3,(H2,27,29)(H,28,30). The number of nitrogens with one attached hydrogen (secondary N) is 1. The second kappa shape index (κ2) is 9.32. The van der Waals surface area contributed by atoms with Gasteiger partial charge in [-0.15, -0.1) is 0 Å². The van der Waals surface area contributed by atoms with Crippen molar-refractivity contribution >= 4 is 12.2 Å². The third kappa shape index (κ3) is 8.03. The number of hydrogen-bond acceptors (Lipinski definition) is 4. The number of benzene rings is 1. The second-order valence-corrected chi connectivity index (χ2v) is 12.5. The maximum atomic E-state index is 12.4. The van der Waals surface area contributed by atoms with E-state index in [2.05, 4.69) is 60.7 Å². The van der Waals surface area contributed by atoms with Crippen LogP contribution in [0.1, 0.15) is 86.6 Å². The summed E-state index contributed by atoms with van der Waals surface area (Å²) in [7, 11) is 0. The Morgan fingerprint density at radius 2 is 1.66 bits per heavy atom. The van der Waals surface area contributed by atoms with E-state index in [-0.39, 0.29) is 27.8 Å². The minimum atomic E-state index is -0.753. The number of primary amides is 1. The smallest absolute Gasteiger partial charge is 0.412 e. The predicted octanol–water partition coefficient (Wildman–Crippen LogP) is 6.17. The highest BCUT2D eigenvalue weighted by molar-refractivity contribution is 5.70. The Balaban J connectivity index is 1.95. The lowest BCUT2D eigenvalue weighted by molar-refractivity contribution is -0.0163. The summed E-state index contributed by atoms with van der Waals surface area (Å²) in [6.07, 6.45) is 1.88. The zero-order chi connectivity index (χ0) is 24.4. The highest BCUT2D eigenvalue weighted by Crippen LogP contribution is 2.46. The van der Waals surface area contributed by atoms with Gasteiger partial charge >= 0.3 is 12.2 Å². The first-order valence-corrected chi connectivity index (χ1v) is 11.5. The molecule has 180 valence electrons. The molecule has 3 N–H and O–H groups in total. The third-order valence-corrected chi connectivity index (χ3v) is 6.17. The summed E-state index contributed by atoms with van der Waals surface area (Å²) in [5.41, 5.74) is 6.46. The molecule has 1 aliphatic rings. The van der Waals surface area contributed by atoms with Crippen LogP contribution in [0.15, 0.2) is 24.3 Å². The summed E-state index contributed by atoms with van der Waals surface area (Å²) in [6.45, 7) is 18.0. The van der Waals surface area contributed by atoms with Crippen LogP contribution >= 0.6 is 0 Å². The van der Waals surface area contributed by atoms with Crippen molar-refractivity contribution in [2.45, 2.75) is 92.6 Å². The molecule has 1 aliphatic carbocycles. The van der Waals surface area contributed by atoms with Gasteiger partial charge in [0.1, 0.15) is 11.9 Å². The lowest BCUT2D eigenvalue weighted by atomic mass is 9.63. The van der Waals surface area contributed by atoms with E-state index in [1.165, 1.54) is 5.56 Å². The van der Waals surface area contributed by atoms with E-state index in [0.29, 0.717) is 18.7 Å². The molecule has 2 rings (SSSR count).